The molecule has 0 bridgehead atoms. The first-order valence-corrected chi connectivity index (χ1v) is 10.1. The third kappa shape index (κ3) is 2.38. The van der Waals surface area contributed by atoms with Gasteiger partial charge in [0.25, 0.3) is 0 Å². The number of rotatable bonds is 2. The van der Waals surface area contributed by atoms with Crippen LogP contribution < -0.4 is 0 Å². The maximum atomic E-state index is 11.9. The Labute approximate surface area is 153 Å². The standard InChI is InChI=1S/C24H32O/c1-5-6-16(2)20-9-10-21-19-8-7-17-15-18(25)11-13-23(17,3)22(19)12-14-24(20,21)4/h5-6,11,13,15,19-22H,1,7-10,12,14H2,2-4H3/b16-6+/t19?,20?,21?,22?,23-,24+/m0/s1. The Morgan fingerprint density at radius 3 is 2.76 bits per heavy atom. The first-order valence-electron chi connectivity index (χ1n) is 10.1. The molecule has 3 saturated carbocycles. The summed E-state index contributed by atoms with van der Waals surface area (Å²) in [4.78, 5) is 11.9. The maximum absolute atomic E-state index is 11.9. The minimum absolute atomic E-state index is 0.127. The highest BCUT2D eigenvalue weighted by atomic mass is 16.1. The van der Waals surface area contributed by atoms with Crippen molar-refractivity contribution in [3.05, 3.63) is 48.1 Å². The van der Waals surface area contributed by atoms with E-state index in [2.05, 4.69) is 39.5 Å². The number of carbonyl (C=O) groups excluding carboxylic acids is 1. The fraction of sp³-hybridized carbons (Fsp3) is 0.625. The van der Waals surface area contributed by atoms with Gasteiger partial charge in [-0.1, -0.05) is 49.8 Å². The van der Waals surface area contributed by atoms with E-state index in [4.69, 9.17) is 0 Å². The Morgan fingerprint density at radius 1 is 1.20 bits per heavy atom. The van der Waals surface area contributed by atoms with Crippen LogP contribution in [0.1, 0.15) is 59.3 Å². The summed E-state index contributed by atoms with van der Waals surface area (Å²) in [5.41, 5.74) is 3.52. The van der Waals surface area contributed by atoms with Crippen molar-refractivity contribution in [2.75, 3.05) is 0 Å². The molecule has 6 atom stereocenters. The highest BCUT2D eigenvalue weighted by molar-refractivity contribution is 6.01. The molecule has 0 saturated heterocycles. The van der Waals surface area contributed by atoms with Gasteiger partial charge >= 0.3 is 0 Å². The summed E-state index contributed by atoms with van der Waals surface area (Å²) in [7, 11) is 0. The van der Waals surface area contributed by atoms with Crippen LogP contribution >= 0.6 is 0 Å². The van der Waals surface area contributed by atoms with Gasteiger partial charge < -0.3 is 0 Å². The number of ketones is 1. The van der Waals surface area contributed by atoms with Crippen molar-refractivity contribution in [1.29, 1.82) is 0 Å². The summed E-state index contributed by atoms with van der Waals surface area (Å²) >= 11 is 0. The Balaban J connectivity index is 1.66. The summed E-state index contributed by atoms with van der Waals surface area (Å²) in [6, 6.07) is 0. The van der Waals surface area contributed by atoms with E-state index in [1.54, 1.807) is 0 Å². The van der Waals surface area contributed by atoms with Crippen LogP contribution in [0.15, 0.2) is 48.1 Å². The number of hydrogen-bond acceptors (Lipinski definition) is 1. The molecule has 1 nitrogen and oxygen atoms in total. The van der Waals surface area contributed by atoms with Crippen LogP contribution in [-0.4, -0.2) is 5.78 Å². The fourth-order valence-corrected chi connectivity index (χ4v) is 7.25. The summed E-state index contributed by atoms with van der Waals surface area (Å²) in [6.07, 6.45) is 18.0. The van der Waals surface area contributed by atoms with Crippen molar-refractivity contribution in [2.45, 2.75) is 59.3 Å². The smallest absolute Gasteiger partial charge is 0.178 e. The first-order chi connectivity index (χ1) is 11.9. The zero-order valence-electron chi connectivity index (χ0n) is 16.1. The van der Waals surface area contributed by atoms with Gasteiger partial charge in [-0.05, 0) is 86.7 Å². The summed E-state index contributed by atoms with van der Waals surface area (Å²) in [5.74, 6) is 3.30. The topological polar surface area (TPSA) is 17.1 Å². The maximum Gasteiger partial charge on any atom is 0.178 e. The van der Waals surface area contributed by atoms with Crippen molar-refractivity contribution in [2.24, 2.45) is 34.5 Å². The highest BCUT2D eigenvalue weighted by Crippen LogP contribution is 2.66. The second-order valence-corrected chi connectivity index (χ2v) is 9.42. The summed E-state index contributed by atoms with van der Waals surface area (Å²) in [6.45, 7) is 11.2. The molecular weight excluding hydrogens is 304 g/mol. The average molecular weight is 337 g/mol. The Kier molecular flexibility index (Phi) is 3.98. The van der Waals surface area contributed by atoms with Gasteiger partial charge in [0.1, 0.15) is 0 Å². The van der Waals surface area contributed by atoms with Crippen LogP contribution in [0.25, 0.3) is 0 Å². The largest absolute Gasteiger partial charge is 0.290 e. The Bertz CT molecular complexity index is 693. The normalized spacial score (nSPS) is 46.1. The van der Waals surface area contributed by atoms with Crippen molar-refractivity contribution in [1.82, 2.24) is 0 Å². The summed E-state index contributed by atoms with van der Waals surface area (Å²) in [5, 5.41) is 0. The molecule has 4 unspecified atom stereocenters. The lowest BCUT2D eigenvalue weighted by molar-refractivity contribution is -0.111. The lowest BCUT2D eigenvalue weighted by atomic mass is 9.47. The lowest BCUT2D eigenvalue weighted by Crippen LogP contribution is -2.49. The van der Waals surface area contributed by atoms with Gasteiger partial charge in [0, 0.05) is 5.41 Å². The molecule has 0 aromatic rings. The SMILES string of the molecule is C=C/C=C(\C)C1CCC2C3CCC4=CC(=O)C=C[C@]4(C)C3CC[C@]12C. The van der Waals surface area contributed by atoms with Gasteiger partial charge in [-0.3, -0.25) is 4.79 Å². The number of allylic oxidation sites excluding steroid dienone is 7. The molecule has 0 aromatic heterocycles. The van der Waals surface area contributed by atoms with E-state index in [0.29, 0.717) is 5.41 Å². The fourth-order valence-electron chi connectivity index (χ4n) is 7.25. The van der Waals surface area contributed by atoms with E-state index in [0.717, 1.165) is 30.1 Å². The van der Waals surface area contributed by atoms with Crippen LogP contribution in [0, 0.1) is 34.5 Å². The second-order valence-electron chi connectivity index (χ2n) is 9.42. The molecule has 0 N–H and O–H groups in total. The molecule has 4 aliphatic rings. The van der Waals surface area contributed by atoms with Crippen LogP contribution in [0.3, 0.4) is 0 Å². The van der Waals surface area contributed by atoms with E-state index in [-0.39, 0.29) is 11.2 Å². The van der Waals surface area contributed by atoms with E-state index < -0.39 is 0 Å². The number of fused-ring (bicyclic) bond motifs is 5. The molecule has 4 rings (SSSR count). The average Bonchev–Trinajstić information content (AvgIpc) is 2.93. The summed E-state index contributed by atoms with van der Waals surface area (Å²) < 4.78 is 0. The predicted molar refractivity (Wildman–Crippen MR) is 104 cm³/mol. The van der Waals surface area contributed by atoms with E-state index in [1.165, 1.54) is 43.3 Å². The van der Waals surface area contributed by atoms with Crippen molar-refractivity contribution >= 4 is 5.78 Å². The Morgan fingerprint density at radius 2 is 2.00 bits per heavy atom. The quantitative estimate of drug-likeness (QED) is 0.562. The van der Waals surface area contributed by atoms with Crippen LogP contribution in [0.2, 0.25) is 0 Å². The van der Waals surface area contributed by atoms with Gasteiger partial charge in [-0.15, -0.1) is 0 Å². The van der Waals surface area contributed by atoms with Crippen molar-refractivity contribution in [3.63, 3.8) is 0 Å². The van der Waals surface area contributed by atoms with E-state index in [1.807, 2.05) is 18.2 Å². The van der Waals surface area contributed by atoms with Crippen LogP contribution in [0.5, 0.6) is 0 Å². The second kappa shape index (κ2) is 5.83. The van der Waals surface area contributed by atoms with Crippen molar-refractivity contribution in [3.8, 4) is 0 Å². The molecule has 0 radical (unpaired) electrons. The molecular formula is C24H32O. The zero-order valence-corrected chi connectivity index (χ0v) is 16.1. The monoisotopic (exact) mass is 336 g/mol. The minimum Gasteiger partial charge on any atom is -0.290 e. The molecule has 0 aliphatic heterocycles. The van der Waals surface area contributed by atoms with Gasteiger partial charge in [0.2, 0.25) is 0 Å². The van der Waals surface area contributed by atoms with Crippen LogP contribution in [0.4, 0.5) is 0 Å². The molecule has 0 aromatic carbocycles. The molecule has 0 amide bonds. The first kappa shape index (κ1) is 17.1. The molecule has 0 heterocycles. The van der Waals surface area contributed by atoms with Crippen LogP contribution in [-0.2, 0) is 4.79 Å². The molecule has 4 aliphatic carbocycles. The Hall–Kier alpha value is -1.37. The predicted octanol–water partition coefficient (Wildman–Crippen LogP) is 6.04. The number of hydrogen-bond donors (Lipinski definition) is 0. The highest BCUT2D eigenvalue weighted by Gasteiger charge is 2.58. The van der Waals surface area contributed by atoms with Gasteiger partial charge in [0.05, 0.1) is 0 Å². The molecule has 0 spiro atoms. The third-order valence-electron chi connectivity index (χ3n) is 8.49. The molecule has 1 heteroatoms. The lowest BCUT2D eigenvalue weighted by Gasteiger charge is -2.57. The van der Waals surface area contributed by atoms with E-state index >= 15 is 0 Å². The van der Waals surface area contributed by atoms with Crippen molar-refractivity contribution < 1.29 is 4.79 Å². The zero-order chi connectivity index (χ0) is 17.8. The van der Waals surface area contributed by atoms with Gasteiger partial charge in [-0.25, -0.2) is 0 Å². The third-order valence-corrected chi connectivity index (χ3v) is 8.49. The van der Waals surface area contributed by atoms with Gasteiger partial charge in [-0.2, -0.15) is 0 Å². The molecule has 25 heavy (non-hydrogen) atoms. The molecule has 134 valence electrons. The molecule has 3 fully saturated rings. The van der Waals surface area contributed by atoms with Gasteiger partial charge in [0.15, 0.2) is 5.78 Å². The minimum atomic E-state index is 0.127. The van der Waals surface area contributed by atoms with E-state index in [9.17, 15) is 4.79 Å². The number of carbonyl (C=O) groups is 1.